The highest BCUT2D eigenvalue weighted by Gasteiger charge is 2.37. The molecule has 0 aromatic heterocycles. The lowest BCUT2D eigenvalue weighted by Gasteiger charge is -2.28. The van der Waals surface area contributed by atoms with Gasteiger partial charge in [-0.05, 0) is 186 Å². The molecule has 0 aliphatic heterocycles. The second-order valence-electron chi connectivity index (χ2n) is 22.9. The molecule has 0 amide bonds. The van der Waals surface area contributed by atoms with Crippen LogP contribution >= 0.6 is 0 Å². The van der Waals surface area contributed by atoms with Crippen LogP contribution in [0.15, 0.2) is 285 Å². The smallest absolute Gasteiger partial charge is 0.0465 e. The zero-order chi connectivity index (χ0) is 54.0. The maximum Gasteiger partial charge on any atom is 0.0465 e. The number of nitrogens with zero attached hydrogens (tertiary/aromatic N) is 2. The summed E-state index contributed by atoms with van der Waals surface area (Å²) in [6.07, 6.45) is 9.92. The minimum absolute atomic E-state index is 0.105. The largest absolute Gasteiger partial charge is 0.310 e. The molecule has 0 fully saturated rings. The van der Waals surface area contributed by atoms with Crippen LogP contribution in [0.1, 0.15) is 67.9 Å². The van der Waals surface area contributed by atoms with Crippen LogP contribution in [0.25, 0.3) is 66.8 Å². The molecule has 0 spiro atoms. The van der Waals surface area contributed by atoms with Gasteiger partial charge in [-0.25, -0.2) is 0 Å². The van der Waals surface area contributed by atoms with E-state index < -0.39 is 0 Å². The van der Waals surface area contributed by atoms with Crippen LogP contribution in [0.2, 0.25) is 0 Å². The Labute approximate surface area is 472 Å². The molecule has 3 aliphatic carbocycles. The first-order valence-corrected chi connectivity index (χ1v) is 28.2. The second kappa shape index (κ2) is 19.7. The minimum atomic E-state index is -0.111. The molecule has 0 saturated carbocycles. The lowest BCUT2D eigenvalue weighted by Crippen LogP contribution is -2.16. The average molecular weight is 1030 g/mol. The van der Waals surface area contributed by atoms with Gasteiger partial charge in [0, 0.05) is 50.9 Å². The van der Waals surface area contributed by atoms with Crippen molar-refractivity contribution < 1.29 is 0 Å². The number of anilines is 6. The van der Waals surface area contributed by atoms with Crippen molar-refractivity contribution in [1.82, 2.24) is 0 Å². The zero-order valence-electron chi connectivity index (χ0n) is 45.8. The molecule has 2 heteroatoms. The van der Waals surface area contributed by atoms with Crippen molar-refractivity contribution in [2.24, 2.45) is 0 Å². The van der Waals surface area contributed by atoms with Crippen molar-refractivity contribution >= 4 is 34.1 Å². The Hall–Kier alpha value is -9.50. The summed E-state index contributed by atoms with van der Waals surface area (Å²) in [5.74, 6) is 0.396. The van der Waals surface area contributed by atoms with E-state index in [0.29, 0.717) is 5.92 Å². The Balaban J connectivity index is 0.759. The monoisotopic (exact) mass is 1030 g/mol. The summed E-state index contributed by atoms with van der Waals surface area (Å²) >= 11 is 0. The van der Waals surface area contributed by atoms with Crippen LogP contribution in [-0.4, -0.2) is 0 Å². The zero-order valence-corrected chi connectivity index (χ0v) is 45.8. The summed E-state index contributed by atoms with van der Waals surface area (Å²) in [4.78, 5) is 4.83. The van der Waals surface area contributed by atoms with Gasteiger partial charge in [0.25, 0.3) is 0 Å². The molecular formula is C78H62N2. The minimum Gasteiger partial charge on any atom is -0.310 e. The third-order valence-electron chi connectivity index (χ3n) is 17.4. The lowest BCUT2D eigenvalue weighted by atomic mass is 9.82. The molecule has 0 bridgehead atoms. The van der Waals surface area contributed by atoms with Crippen molar-refractivity contribution in [2.75, 3.05) is 9.80 Å². The van der Waals surface area contributed by atoms with E-state index in [2.05, 4.69) is 323 Å². The highest BCUT2D eigenvalue weighted by atomic mass is 15.1. The summed E-state index contributed by atoms with van der Waals surface area (Å²) in [5, 5.41) is 0. The van der Waals surface area contributed by atoms with E-state index in [1.807, 2.05) is 0 Å². The summed E-state index contributed by atoms with van der Waals surface area (Å²) < 4.78 is 0. The van der Waals surface area contributed by atoms with Crippen molar-refractivity contribution in [3.8, 4) is 66.8 Å². The molecule has 0 radical (unpaired) electrons. The van der Waals surface area contributed by atoms with E-state index in [1.54, 1.807) is 0 Å². The lowest BCUT2D eigenvalue weighted by molar-refractivity contribution is 0.660. The van der Waals surface area contributed by atoms with Crippen LogP contribution in [0.4, 0.5) is 34.1 Å². The Morgan fingerprint density at radius 1 is 0.287 bits per heavy atom. The van der Waals surface area contributed by atoms with E-state index >= 15 is 0 Å². The number of rotatable bonds is 11. The van der Waals surface area contributed by atoms with Crippen LogP contribution in [0, 0.1) is 0 Å². The Morgan fingerprint density at radius 2 is 0.637 bits per heavy atom. The third-order valence-corrected chi connectivity index (χ3v) is 17.4. The first-order valence-electron chi connectivity index (χ1n) is 28.2. The molecule has 1 unspecified atom stereocenters. The summed E-state index contributed by atoms with van der Waals surface area (Å²) in [6.45, 7) is 9.43. The van der Waals surface area contributed by atoms with Crippen molar-refractivity contribution in [3.05, 3.63) is 313 Å². The van der Waals surface area contributed by atoms with E-state index in [-0.39, 0.29) is 10.8 Å². The molecular weight excluding hydrogens is 965 g/mol. The van der Waals surface area contributed by atoms with E-state index in [9.17, 15) is 0 Å². The van der Waals surface area contributed by atoms with Gasteiger partial charge in [0.2, 0.25) is 0 Å². The molecule has 11 aromatic carbocycles. The molecule has 11 aromatic rings. The van der Waals surface area contributed by atoms with Crippen LogP contribution in [0.5, 0.6) is 0 Å². The fourth-order valence-electron chi connectivity index (χ4n) is 13.1. The van der Waals surface area contributed by atoms with Gasteiger partial charge in [-0.3, -0.25) is 0 Å². The van der Waals surface area contributed by atoms with Crippen LogP contribution in [-0.2, 0) is 10.8 Å². The van der Waals surface area contributed by atoms with E-state index in [4.69, 9.17) is 0 Å². The molecule has 0 N–H and O–H groups in total. The Bertz CT molecular complexity index is 4180. The number of allylic oxidation sites excluding steroid dienone is 4. The quantitative estimate of drug-likeness (QED) is 0.127. The summed E-state index contributed by atoms with van der Waals surface area (Å²) in [5.41, 5.74) is 28.2. The fraction of sp³-hybridized carbons (Fsp3) is 0.103. The van der Waals surface area contributed by atoms with Gasteiger partial charge in [-0.15, -0.1) is 0 Å². The standard InChI is InChI=1S/C78H62N2/c1-77(2)73-27-13-11-25-69(73)71-47-45-67(51-75(71)77)79(63-37-29-55(30-38-63)53-17-7-5-8-18-53)65-41-33-57(34-42-65)59-21-15-23-61(49-59)62-24-16-22-60(50-62)58-35-43-66(44-36-58)80(64-39-31-56(32-40-64)54-19-9-6-10-20-54)68-46-48-72-70-26-12-14-28-74(70)78(3,4)76(72)52-68/h5-19,21-52,54H,20H2,1-4H3. The van der Waals surface area contributed by atoms with Gasteiger partial charge >= 0.3 is 0 Å². The van der Waals surface area contributed by atoms with E-state index in [1.165, 1.54) is 94.6 Å². The molecule has 3 aliphatic rings. The first kappa shape index (κ1) is 48.8. The summed E-state index contributed by atoms with van der Waals surface area (Å²) in [6, 6.07) is 96.9. The van der Waals surface area contributed by atoms with Gasteiger partial charge in [0.15, 0.2) is 0 Å². The Kier molecular flexibility index (Phi) is 12.1. The number of hydrogen-bond acceptors (Lipinski definition) is 2. The number of hydrogen-bond donors (Lipinski definition) is 0. The van der Waals surface area contributed by atoms with Crippen LogP contribution in [0.3, 0.4) is 0 Å². The second-order valence-corrected chi connectivity index (χ2v) is 22.9. The van der Waals surface area contributed by atoms with Gasteiger partial charge in [0.05, 0.1) is 0 Å². The van der Waals surface area contributed by atoms with Crippen molar-refractivity contribution in [3.63, 3.8) is 0 Å². The summed E-state index contributed by atoms with van der Waals surface area (Å²) in [7, 11) is 0. The Morgan fingerprint density at radius 3 is 1.07 bits per heavy atom. The molecule has 1 atom stereocenters. The number of benzene rings is 11. The highest BCUT2D eigenvalue weighted by Crippen LogP contribution is 2.53. The normalized spacial score (nSPS) is 14.9. The first-order chi connectivity index (χ1) is 39.2. The molecule has 384 valence electrons. The maximum atomic E-state index is 2.42. The molecule has 2 nitrogen and oxygen atoms in total. The molecule has 0 heterocycles. The van der Waals surface area contributed by atoms with Crippen molar-refractivity contribution in [1.29, 1.82) is 0 Å². The molecule has 0 saturated heterocycles. The average Bonchev–Trinajstić information content (AvgIpc) is 3.98. The van der Waals surface area contributed by atoms with Gasteiger partial charge in [-0.2, -0.15) is 0 Å². The van der Waals surface area contributed by atoms with Crippen molar-refractivity contribution in [2.45, 2.75) is 50.9 Å². The van der Waals surface area contributed by atoms with Gasteiger partial charge in [-0.1, -0.05) is 228 Å². The molecule has 80 heavy (non-hydrogen) atoms. The van der Waals surface area contributed by atoms with Crippen LogP contribution < -0.4 is 9.80 Å². The highest BCUT2D eigenvalue weighted by molar-refractivity contribution is 5.89. The predicted molar refractivity (Wildman–Crippen MR) is 338 cm³/mol. The topological polar surface area (TPSA) is 6.48 Å². The molecule has 14 rings (SSSR count). The fourth-order valence-corrected chi connectivity index (χ4v) is 13.1. The SMILES string of the molecule is CC1(C)c2ccccc2-c2ccc(N(c3ccc(-c4ccccc4)cc3)c3ccc(-c4cccc(-c5cccc(-c6ccc(N(c7ccc(C8C=CC=CC8)cc7)c7ccc8c(c7)C(C)(C)c7ccccc7-8)cc6)c5)c4)cc3)cc21. The van der Waals surface area contributed by atoms with E-state index in [0.717, 1.165) is 40.5 Å². The van der Waals surface area contributed by atoms with Gasteiger partial charge in [0.1, 0.15) is 0 Å². The predicted octanol–water partition coefficient (Wildman–Crippen LogP) is 21.5. The number of fused-ring (bicyclic) bond motifs is 6. The third kappa shape index (κ3) is 8.60. The van der Waals surface area contributed by atoms with Gasteiger partial charge < -0.3 is 9.80 Å². The maximum absolute atomic E-state index is 2.42.